The van der Waals surface area contributed by atoms with Crippen LogP contribution in [0.1, 0.15) is 13.8 Å². The minimum absolute atomic E-state index is 0.512. The molecule has 0 saturated heterocycles. The summed E-state index contributed by atoms with van der Waals surface area (Å²) in [5.41, 5.74) is 0. The van der Waals surface area contributed by atoms with Gasteiger partial charge in [-0.2, -0.15) is 5.87 Å². The molecule has 0 spiro atoms. The average molecular weight is 119 g/mol. The van der Waals surface area contributed by atoms with Gasteiger partial charge in [-0.15, -0.1) is 5.75 Å². The number of hydrogen-bond acceptors (Lipinski definition) is 2. The van der Waals surface area contributed by atoms with Crippen LogP contribution in [0.15, 0.2) is 0 Å². The molecule has 0 aliphatic rings. The molecule has 0 rings (SSSR count). The lowest BCUT2D eigenvalue weighted by molar-refractivity contribution is 0.596. The van der Waals surface area contributed by atoms with Crippen molar-refractivity contribution < 1.29 is 4.21 Å². The summed E-state index contributed by atoms with van der Waals surface area (Å²) in [7, 11) is -0.846. The van der Waals surface area contributed by atoms with Crippen LogP contribution >= 0.6 is 0 Å². The van der Waals surface area contributed by atoms with Gasteiger partial charge in [0.05, 0.1) is 0 Å². The quantitative estimate of drug-likeness (QED) is 0.392. The minimum atomic E-state index is -0.846. The molecular formula is C5H11OS-. The summed E-state index contributed by atoms with van der Waals surface area (Å²) in [4.78, 5) is 0. The van der Waals surface area contributed by atoms with Gasteiger partial charge in [-0.1, -0.05) is 19.8 Å². The molecule has 44 valence electrons. The standard InChI is InChI=1S/C5H11OS/c1-5(2)4-7(3)6/h5H,3-4H2,1-2H3/q-1. The maximum absolute atomic E-state index is 10.3. The monoisotopic (exact) mass is 119 g/mol. The molecule has 1 nitrogen and oxygen atoms in total. The topological polar surface area (TPSA) is 17.1 Å². The van der Waals surface area contributed by atoms with Crippen LogP contribution in [-0.2, 0) is 14.6 Å². The van der Waals surface area contributed by atoms with E-state index in [0.29, 0.717) is 5.92 Å². The van der Waals surface area contributed by atoms with E-state index in [1.807, 2.05) is 13.8 Å². The van der Waals surface area contributed by atoms with Gasteiger partial charge < -0.3 is 4.21 Å². The van der Waals surface area contributed by atoms with Crippen LogP contribution in [0.4, 0.5) is 0 Å². The molecular weight excluding hydrogens is 108 g/mol. The van der Waals surface area contributed by atoms with E-state index in [2.05, 4.69) is 5.87 Å². The van der Waals surface area contributed by atoms with Crippen molar-refractivity contribution in [3.05, 3.63) is 0 Å². The van der Waals surface area contributed by atoms with Gasteiger partial charge in [-0.05, 0) is 0 Å². The van der Waals surface area contributed by atoms with Crippen LogP contribution in [0.5, 0.6) is 0 Å². The maximum atomic E-state index is 10.3. The van der Waals surface area contributed by atoms with E-state index in [-0.39, 0.29) is 0 Å². The van der Waals surface area contributed by atoms with Crippen LogP contribution in [-0.4, -0.2) is 11.6 Å². The Balaban J connectivity index is 3.32. The first-order chi connectivity index (χ1) is 3.13. The normalized spacial score (nSPS) is 10.9. The third kappa shape index (κ3) is 6.02. The molecule has 0 bridgehead atoms. The molecule has 0 aromatic carbocycles. The van der Waals surface area contributed by atoms with Crippen molar-refractivity contribution in [3.63, 3.8) is 0 Å². The molecule has 0 radical (unpaired) electrons. The lowest BCUT2D eigenvalue weighted by Gasteiger charge is -2.03. The zero-order chi connectivity index (χ0) is 5.86. The lowest BCUT2D eigenvalue weighted by Crippen LogP contribution is -1.94. The fourth-order valence-electron chi connectivity index (χ4n) is 0.372. The van der Waals surface area contributed by atoms with Gasteiger partial charge in [0.15, 0.2) is 0 Å². The van der Waals surface area contributed by atoms with E-state index in [1.165, 1.54) is 0 Å². The summed E-state index contributed by atoms with van der Waals surface area (Å²) in [6.45, 7) is 4.06. The predicted molar refractivity (Wildman–Crippen MR) is 34.9 cm³/mol. The maximum Gasteiger partial charge on any atom is -0.0636 e. The molecule has 0 aliphatic heterocycles. The first kappa shape index (κ1) is 7.02. The number of hydrogen-bond donors (Lipinski definition) is 0. The molecule has 0 heterocycles. The Kier molecular flexibility index (Phi) is 3.09. The van der Waals surface area contributed by atoms with E-state index < -0.39 is 10.4 Å². The molecule has 0 aliphatic carbocycles. The fourth-order valence-corrected chi connectivity index (χ4v) is 1.12. The van der Waals surface area contributed by atoms with E-state index in [9.17, 15) is 4.21 Å². The molecule has 7 heavy (non-hydrogen) atoms. The number of rotatable bonds is 2. The van der Waals surface area contributed by atoms with Gasteiger partial charge in [0.2, 0.25) is 0 Å². The summed E-state index contributed by atoms with van der Waals surface area (Å²) in [5, 5.41) is 0. The van der Waals surface area contributed by atoms with Crippen molar-refractivity contribution in [2.45, 2.75) is 13.8 Å². The lowest BCUT2D eigenvalue weighted by atomic mass is 10.3. The van der Waals surface area contributed by atoms with Crippen LogP contribution in [0.3, 0.4) is 0 Å². The Labute approximate surface area is 46.8 Å². The van der Waals surface area contributed by atoms with E-state index >= 15 is 0 Å². The highest BCUT2D eigenvalue weighted by Crippen LogP contribution is 1.88. The average Bonchev–Trinajstić information content (AvgIpc) is 1.27. The summed E-state index contributed by atoms with van der Waals surface area (Å²) < 4.78 is 10.3. The van der Waals surface area contributed by atoms with Crippen molar-refractivity contribution in [1.82, 2.24) is 0 Å². The second kappa shape index (κ2) is 3.08. The Morgan fingerprint density at radius 2 is 2.14 bits per heavy atom. The Bertz CT molecular complexity index is 94.6. The Morgan fingerprint density at radius 3 is 2.14 bits per heavy atom. The van der Waals surface area contributed by atoms with Crippen LogP contribution in [0, 0.1) is 5.92 Å². The molecule has 0 N–H and O–H groups in total. The van der Waals surface area contributed by atoms with E-state index in [0.717, 1.165) is 5.75 Å². The van der Waals surface area contributed by atoms with Gasteiger partial charge in [-0.3, -0.25) is 10.4 Å². The molecule has 0 saturated carbocycles. The second-order valence-corrected chi connectivity index (χ2v) is 3.21. The molecule has 0 aromatic heterocycles. The van der Waals surface area contributed by atoms with Gasteiger partial charge in [0, 0.05) is 0 Å². The van der Waals surface area contributed by atoms with Crippen LogP contribution in [0.25, 0.3) is 0 Å². The molecule has 0 unspecified atom stereocenters. The van der Waals surface area contributed by atoms with Crippen LogP contribution in [0.2, 0.25) is 0 Å². The zero-order valence-corrected chi connectivity index (χ0v) is 5.62. The fraction of sp³-hybridized carbons (Fsp3) is 0.800. The summed E-state index contributed by atoms with van der Waals surface area (Å²) >= 11 is 0. The zero-order valence-electron chi connectivity index (χ0n) is 4.81. The third-order valence-corrected chi connectivity index (χ3v) is 1.56. The van der Waals surface area contributed by atoms with Crippen molar-refractivity contribution >= 4 is 16.3 Å². The van der Waals surface area contributed by atoms with E-state index in [4.69, 9.17) is 0 Å². The van der Waals surface area contributed by atoms with Crippen molar-refractivity contribution in [2.75, 3.05) is 5.75 Å². The summed E-state index contributed by atoms with van der Waals surface area (Å²) in [5.74, 6) is 4.59. The molecule has 0 aromatic rings. The van der Waals surface area contributed by atoms with Crippen LogP contribution < -0.4 is 0 Å². The molecule has 0 amide bonds. The van der Waals surface area contributed by atoms with E-state index in [1.54, 1.807) is 0 Å². The molecule has 0 atom stereocenters. The Morgan fingerprint density at radius 1 is 1.71 bits per heavy atom. The highest BCUT2D eigenvalue weighted by molar-refractivity contribution is 7.82. The largest absolute Gasteiger partial charge is 0.462 e. The first-order valence-electron chi connectivity index (χ1n) is 2.31. The van der Waals surface area contributed by atoms with Crippen molar-refractivity contribution in [3.8, 4) is 0 Å². The van der Waals surface area contributed by atoms with Crippen molar-refractivity contribution in [1.29, 1.82) is 0 Å². The highest BCUT2D eigenvalue weighted by atomic mass is 32.2. The smallest absolute Gasteiger partial charge is 0.0636 e. The van der Waals surface area contributed by atoms with Gasteiger partial charge >= 0.3 is 0 Å². The second-order valence-electron chi connectivity index (χ2n) is 2.00. The minimum Gasteiger partial charge on any atom is -0.462 e. The predicted octanol–water partition coefficient (Wildman–Crippen LogP) is 1.04. The highest BCUT2D eigenvalue weighted by Gasteiger charge is 1.80. The van der Waals surface area contributed by atoms with Gasteiger partial charge in [-0.25, -0.2) is 0 Å². The SMILES string of the molecule is C=[S-](=O)CC(C)C. The van der Waals surface area contributed by atoms with Crippen molar-refractivity contribution in [2.24, 2.45) is 5.92 Å². The summed E-state index contributed by atoms with van der Waals surface area (Å²) in [6, 6.07) is 0. The summed E-state index contributed by atoms with van der Waals surface area (Å²) in [6.07, 6.45) is 0. The molecule has 2 heteroatoms. The molecule has 0 fully saturated rings. The first-order valence-corrected chi connectivity index (χ1v) is 3.79. The Hall–Kier alpha value is 0.0200. The third-order valence-electron chi connectivity index (χ3n) is 0.519. The van der Waals surface area contributed by atoms with Gasteiger partial charge in [0.25, 0.3) is 0 Å². The van der Waals surface area contributed by atoms with Gasteiger partial charge in [0.1, 0.15) is 0 Å².